The average molecular weight is 517 g/mol. The summed E-state index contributed by atoms with van der Waals surface area (Å²) in [5.74, 6) is 0.313. The van der Waals surface area contributed by atoms with Crippen molar-refractivity contribution in [3.63, 3.8) is 0 Å². The van der Waals surface area contributed by atoms with Gasteiger partial charge in [0, 0.05) is 62.2 Å². The number of hydrogen-bond donors (Lipinski definition) is 2. The molecular formula is C26H31F3N6O2. The maximum absolute atomic E-state index is 14.3. The molecule has 3 aliphatic heterocycles. The minimum atomic E-state index is -3.16. The van der Waals surface area contributed by atoms with E-state index in [0.29, 0.717) is 56.2 Å². The number of anilines is 1. The van der Waals surface area contributed by atoms with Gasteiger partial charge in [-0.05, 0) is 36.1 Å². The first-order valence-electron chi connectivity index (χ1n) is 12.5. The average Bonchev–Trinajstić information content (AvgIpc) is 3.25. The molecule has 2 aromatic rings. The van der Waals surface area contributed by atoms with Crippen LogP contribution in [-0.4, -0.2) is 71.7 Å². The zero-order chi connectivity index (χ0) is 26.3. The van der Waals surface area contributed by atoms with Gasteiger partial charge in [-0.15, -0.1) is 0 Å². The fourth-order valence-electron chi connectivity index (χ4n) is 5.19. The number of carbonyl (C=O) groups excluding carboxylic acids is 1. The maximum Gasteiger partial charge on any atom is 0.275 e. The molecule has 3 aliphatic rings. The lowest BCUT2D eigenvalue weighted by molar-refractivity contribution is -0.128. The summed E-state index contributed by atoms with van der Waals surface area (Å²) in [6.07, 6.45) is -1.88. The van der Waals surface area contributed by atoms with Gasteiger partial charge in [-0.1, -0.05) is 6.07 Å². The van der Waals surface area contributed by atoms with E-state index >= 15 is 0 Å². The highest BCUT2D eigenvalue weighted by Crippen LogP contribution is 2.37. The number of amides is 1. The number of alkyl halides is 3. The SMILES string of the molecule is CC(=O)N1CCC(NC2COC2)=C(C(=N)N2CCCc3cc(-c4cn(C)nc4C(F)C(F)F)ccc32)C1. The Labute approximate surface area is 213 Å². The number of fused-ring (bicyclic) bond motifs is 1. The molecule has 8 nitrogen and oxygen atoms in total. The number of ether oxygens (including phenoxy) is 1. The lowest BCUT2D eigenvalue weighted by Crippen LogP contribution is -2.50. The molecule has 1 amide bonds. The van der Waals surface area contributed by atoms with Crippen molar-refractivity contribution >= 4 is 17.4 Å². The molecule has 0 aliphatic carbocycles. The summed E-state index contributed by atoms with van der Waals surface area (Å²) in [6.45, 7) is 4.39. The largest absolute Gasteiger partial charge is 0.381 e. The van der Waals surface area contributed by atoms with Gasteiger partial charge in [0.05, 0.1) is 25.8 Å². The van der Waals surface area contributed by atoms with Gasteiger partial charge in [0.2, 0.25) is 12.1 Å². The molecule has 1 saturated heterocycles. The van der Waals surface area contributed by atoms with Crippen LogP contribution in [0.1, 0.15) is 37.2 Å². The number of rotatable bonds is 6. The molecule has 37 heavy (non-hydrogen) atoms. The van der Waals surface area contributed by atoms with Gasteiger partial charge < -0.3 is 19.9 Å². The number of halogens is 3. The van der Waals surface area contributed by atoms with Crippen LogP contribution in [0.25, 0.3) is 11.1 Å². The van der Waals surface area contributed by atoms with Crippen LogP contribution in [0.15, 0.2) is 35.7 Å². The summed E-state index contributed by atoms with van der Waals surface area (Å²) in [4.78, 5) is 15.8. The Morgan fingerprint density at radius 1 is 1.22 bits per heavy atom. The van der Waals surface area contributed by atoms with E-state index in [2.05, 4.69) is 10.4 Å². The summed E-state index contributed by atoms with van der Waals surface area (Å²) >= 11 is 0. The van der Waals surface area contributed by atoms with Crippen LogP contribution < -0.4 is 10.2 Å². The Balaban J connectivity index is 1.46. The zero-order valence-electron chi connectivity index (χ0n) is 20.9. The van der Waals surface area contributed by atoms with E-state index in [-0.39, 0.29) is 17.6 Å². The first-order chi connectivity index (χ1) is 17.7. The van der Waals surface area contributed by atoms with Crippen LogP contribution in [0.5, 0.6) is 0 Å². The minimum absolute atomic E-state index is 0.0257. The van der Waals surface area contributed by atoms with E-state index in [1.165, 1.54) is 4.68 Å². The quantitative estimate of drug-likeness (QED) is 0.453. The molecule has 1 aromatic carbocycles. The van der Waals surface area contributed by atoms with Crippen molar-refractivity contribution in [3.8, 4) is 11.1 Å². The molecule has 1 unspecified atom stereocenters. The Hall–Kier alpha value is -3.34. The second kappa shape index (κ2) is 10.2. The third-order valence-corrected chi connectivity index (χ3v) is 7.21. The van der Waals surface area contributed by atoms with Crippen LogP contribution in [0.2, 0.25) is 0 Å². The van der Waals surface area contributed by atoms with Crippen molar-refractivity contribution < 1.29 is 22.7 Å². The summed E-state index contributed by atoms with van der Waals surface area (Å²) < 4.78 is 47.2. The third kappa shape index (κ3) is 4.96. The number of benzene rings is 1. The van der Waals surface area contributed by atoms with Crippen LogP contribution in [-0.2, 0) is 23.0 Å². The summed E-state index contributed by atoms with van der Waals surface area (Å²) in [6, 6.07) is 5.73. The molecule has 0 bridgehead atoms. The molecule has 5 rings (SSSR count). The molecule has 0 radical (unpaired) electrons. The summed E-state index contributed by atoms with van der Waals surface area (Å²) in [7, 11) is 1.58. The fraction of sp³-hybridized carbons (Fsp3) is 0.500. The second-order valence-corrected chi connectivity index (χ2v) is 9.81. The lowest BCUT2D eigenvalue weighted by Gasteiger charge is -2.38. The van der Waals surface area contributed by atoms with Gasteiger partial charge in [-0.3, -0.25) is 14.9 Å². The topological polar surface area (TPSA) is 86.5 Å². The molecule has 0 spiro atoms. The van der Waals surface area contributed by atoms with E-state index in [1.54, 1.807) is 31.1 Å². The van der Waals surface area contributed by atoms with Crippen molar-refractivity contribution in [2.75, 3.05) is 37.7 Å². The zero-order valence-corrected chi connectivity index (χ0v) is 20.9. The van der Waals surface area contributed by atoms with Crippen LogP contribution in [0.3, 0.4) is 0 Å². The van der Waals surface area contributed by atoms with Crippen molar-refractivity contribution in [3.05, 3.63) is 46.9 Å². The molecular weight excluding hydrogens is 485 g/mol. The highest BCUT2D eigenvalue weighted by molar-refractivity contribution is 6.09. The number of aryl methyl sites for hydroxylation is 2. The normalized spacial score (nSPS) is 19.1. The van der Waals surface area contributed by atoms with Crippen molar-refractivity contribution in [1.29, 1.82) is 5.41 Å². The fourth-order valence-corrected chi connectivity index (χ4v) is 5.19. The molecule has 4 heterocycles. The lowest BCUT2D eigenvalue weighted by atomic mass is 9.94. The van der Waals surface area contributed by atoms with Gasteiger partial charge in [0.1, 0.15) is 11.5 Å². The number of hydrogen-bond acceptors (Lipinski definition) is 5. The van der Waals surface area contributed by atoms with Crippen molar-refractivity contribution in [2.24, 2.45) is 7.05 Å². The van der Waals surface area contributed by atoms with E-state index in [1.807, 2.05) is 17.0 Å². The Bertz CT molecular complexity index is 1240. The molecule has 1 atom stereocenters. The first-order valence-corrected chi connectivity index (χ1v) is 12.5. The smallest absolute Gasteiger partial charge is 0.275 e. The van der Waals surface area contributed by atoms with Crippen LogP contribution in [0.4, 0.5) is 18.9 Å². The molecule has 1 fully saturated rings. The van der Waals surface area contributed by atoms with Gasteiger partial charge in [-0.2, -0.15) is 5.10 Å². The number of nitrogens with zero attached hydrogens (tertiary/aromatic N) is 4. The molecule has 198 valence electrons. The highest BCUT2D eigenvalue weighted by Gasteiger charge is 2.32. The predicted molar refractivity (Wildman–Crippen MR) is 134 cm³/mol. The van der Waals surface area contributed by atoms with E-state index in [0.717, 1.165) is 35.4 Å². The van der Waals surface area contributed by atoms with E-state index < -0.39 is 12.6 Å². The van der Waals surface area contributed by atoms with Crippen LogP contribution in [0, 0.1) is 5.41 Å². The Kier molecular flexibility index (Phi) is 6.98. The standard InChI is InChI=1S/C26H31F3N6O2/c1-15(36)34-9-7-21(31-18-13-37-14-18)20(12-34)26(30)35-8-3-4-17-10-16(5-6-22(17)35)19-11-33(2)32-24(19)23(27)25(28)29/h5-6,10-11,18,23,25,30-31H,3-4,7-9,12-14H2,1-2H3. The third-order valence-electron chi connectivity index (χ3n) is 7.21. The maximum atomic E-state index is 14.3. The van der Waals surface area contributed by atoms with Crippen molar-refractivity contribution in [1.82, 2.24) is 20.0 Å². The highest BCUT2D eigenvalue weighted by atomic mass is 19.3. The number of nitrogens with one attached hydrogen (secondary N) is 2. The second-order valence-electron chi connectivity index (χ2n) is 9.81. The Morgan fingerprint density at radius 2 is 2.00 bits per heavy atom. The molecule has 2 N–H and O–H groups in total. The van der Waals surface area contributed by atoms with Gasteiger partial charge in [0.25, 0.3) is 6.43 Å². The summed E-state index contributed by atoms with van der Waals surface area (Å²) in [5, 5.41) is 16.6. The minimum Gasteiger partial charge on any atom is -0.381 e. The van der Waals surface area contributed by atoms with Gasteiger partial charge >= 0.3 is 0 Å². The van der Waals surface area contributed by atoms with Crippen LogP contribution >= 0.6 is 0 Å². The monoisotopic (exact) mass is 516 g/mol. The summed E-state index contributed by atoms with van der Waals surface area (Å²) in [5.41, 5.74) is 4.26. The van der Waals surface area contributed by atoms with E-state index in [9.17, 15) is 18.0 Å². The van der Waals surface area contributed by atoms with E-state index in [4.69, 9.17) is 10.1 Å². The number of amidine groups is 1. The van der Waals surface area contributed by atoms with Gasteiger partial charge in [-0.25, -0.2) is 13.2 Å². The Morgan fingerprint density at radius 3 is 2.68 bits per heavy atom. The van der Waals surface area contributed by atoms with Gasteiger partial charge in [0.15, 0.2) is 0 Å². The predicted octanol–water partition coefficient (Wildman–Crippen LogP) is 3.59. The first kappa shape index (κ1) is 25.3. The number of aromatic nitrogens is 2. The molecule has 1 aromatic heterocycles. The molecule has 11 heteroatoms. The van der Waals surface area contributed by atoms with Crippen molar-refractivity contribution in [2.45, 2.75) is 44.8 Å². The molecule has 0 saturated carbocycles. The number of carbonyl (C=O) groups is 1.